The number of nitrogens with zero attached hydrogens (tertiary/aromatic N) is 3. The van der Waals surface area contributed by atoms with E-state index in [1.165, 1.54) is 12.8 Å². The molecule has 1 aliphatic rings. The molecule has 2 N–H and O–H groups in total. The zero-order valence-corrected chi connectivity index (χ0v) is 11.6. The molecule has 102 valence electrons. The van der Waals surface area contributed by atoms with E-state index in [4.69, 9.17) is 0 Å². The Morgan fingerprint density at radius 2 is 2.21 bits per heavy atom. The van der Waals surface area contributed by atoms with Gasteiger partial charge in [-0.25, -0.2) is 4.52 Å². The van der Waals surface area contributed by atoms with Crippen LogP contribution in [0, 0.1) is 12.3 Å². The highest BCUT2D eigenvalue weighted by molar-refractivity contribution is 5.49. The monoisotopic (exact) mass is 259 g/mol. The van der Waals surface area contributed by atoms with Crippen molar-refractivity contribution in [2.75, 3.05) is 25.0 Å². The van der Waals surface area contributed by atoms with E-state index in [1.807, 2.05) is 16.8 Å². The van der Waals surface area contributed by atoms with Crippen molar-refractivity contribution in [2.24, 2.45) is 5.41 Å². The third kappa shape index (κ3) is 2.56. The van der Waals surface area contributed by atoms with Crippen LogP contribution >= 0.6 is 0 Å². The predicted molar refractivity (Wildman–Crippen MR) is 76.4 cm³/mol. The lowest BCUT2D eigenvalue weighted by Gasteiger charge is -2.33. The smallest absolute Gasteiger partial charge is 0.243 e. The van der Waals surface area contributed by atoms with Crippen molar-refractivity contribution < 1.29 is 0 Å². The van der Waals surface area contributed by atoms with Crippen LogP contribution in [-0.2, 0) is 0 Å². The second-order valence-corrected chi connectivity index (χ2v) is 5.81. The number of nitrogens with one attached hydrogen (secondary N) is 2. The molecular formula is C14H21N5. The van der Waals surface area contributed by atoms with E-state index in [2.05, 4.69) is 40.6 Å². The average Bonchev–Trinajstić information content (AvgIpc) is 2.82. The minimum absolute atomic E-state index is 0.345. The minimum atomic E-state index is 0.345. The van der Waals surface area contributed by atoms with Gasteiger partial charge in [-0.15, -0.1) is 5.10 Å². The van der Waals surface area contributed by atoms with Crippen LogP contribution in [0.25, 0.3) is 5.65 Å². The maximum atomic E-state index is 4.55. The number of hydrogen-bond donors (Lipinski definition) is 2. The Morgan fingerprint density at radius 1 is 1.42 bits per heavy atom. The highest BCUT2D eigenvalue weighted by Crippen LogP contribution is 2.27. The van der Waals surface area contributed by atoms with E-state index >= 15 is 0 Å². The van der Waals surface area contributed by atoms with E-state index in [-0.39, 0.29) is 0 Å². The Morgan fingerprint density at radius 3 is 2.95 bits per heavy atom. The van der Waals surface area contributed by atoms with Crippen molar-refractivity contribution in [3.63, 3.8) is 0 Å². The van der Waals surface area contributed by atoms with Gasteiger partial charge in [-0.1, -0.05) is 13.0 Å². The first kappa shape index (κ1) is 12.4. The summed E-state index contributed by atoms with van der Waals surface area (Å²) in [5.41, 5.74) is 2.43. The molecule has 5 heteroatoms. The molecule has 0 amide bonds. The lowest BCUT2D eigenvalue weighted by molar-refractivity contribution is 0.247. The van der Waals surface area contributed by atoms with Crippen LogP contribution in [0.1, 0.15) is 25.3 Å². The normalized spacial score (nSPS) is 18.6. The fraction of sp³-hybridized carbons (Fsp3) is 0.571. The van der Waals surface area contributed by atoms with Crippen molar-refractivity contribution in [3.8, 4) is 0 Å². The van der Waals surface area contributed by atoms with Crippen molar-refractivity contribution in [1.82, 2.24) is 19.9 Å². The van der Waals surface area contributed by atoms with Crippen LogP contribution in [0.15, 0.2) is 18.3 Å². The summed E-state index contributed by atoms with van der Waals surface area (Å²) >= 11 is 0. The quantitative estimate of drug-likeness (QED) is 0.883. The molecule has 0 aliphatic carbocycles. The summed E-state index contributed by atoms with van der Waals surface area (Å²) in [7, 11) is 0. The first-order chi connectivity index (χ1) is 9.16. The molecule has 0 spiro atoms. The van der Waals surface area contributed by atoms with Crippen molar-refractivity contribution in [1.29, 1.82) is 0 Å². The van der Waals surface area contributed by atoms with Crippen molar-refractivity contribution in [2.45, 2.75) is 26.7 Å². The maximum Gasteiger partial charge on any atom is 0.243 e. The summed E-state index contributed by atoms with van der Waals surface area (Å²) in [6, 6.07) is 4.05. The molecular weight excluding hydrogens is 238 g/mol. The molecule has 2 aromatic rings. The van der Waals surface area contributed by atoms with E-state index in [0.29, 0.717) is 5.41 Å². The number of aryl methyl sites for hydroxylation is 1. The fourth-order valence-corrected chi connectivity index (χ4v) is 2.61. The summed E-state index contributed by atoms with van der Waals surface area (Å²) < 4.78 is 1.84. The lowest BCUT2D eigenvalue weighted by atomic mass is 9.81. The predicted octanol–water partition coefficient (Wildman–Crippen LogP) is 1.84. The molecule has 0 radical (unpaired) electrons. The van der Waals surface area contributed by atoms with Gasteiger partial charge in [0.15, 0.2) is 5.65 Å². The highest BCUT2D eigenvalue weighted by Gasteiger charge is 2.26. The minimum Gasteiger partial charge on any atom is -0.352 e. The molecule has 1 fully saturated rings. The number of aromatic nitrogens is 3. The number of anilines is 1. The molecule has 2 aromatic heterocycles. The Hall–Kier alpha value is -1.62. The molecule has 0 unspecified atom stereocenters. The van der Waals surface area contributed by atoms with Gasteiger partial charge in [-0.3, -0.25) is 0 Å². The standard InChI is InChI=1S/C14H21N5/c1-11-4-3-9-19-12(11)17-13(18-19)16-10-14(2)5-7-15-8-6-14/h3-4,9,15H,5-8,10H2,1-2H3,(H,16,18). The van der Waals surface area contributed by atoms with Gasteiger partial charge in [-0.2, -0.15) is 4.98 Å². The number of piperidine rings is 1. The van der Waals surface area contributed by atoms with Gasteiger partial charge in [0.25, 0.3) is 0 Å². The van der Waals surface area contributed by atoms with Crippen molar-refractivity contribution >= 4 is 11.6 Å². The Balaban J connectivity index is 1.73. The molecule has 5 nitrogen and oxygen atoms in total. The Bertz CT molecular complexity index is 568. The van der Waals surface area contributed by atoms with Gasteiger partial charge in [0.1, 0.15) is 0 Å². The van der Waals surface area contributed by atoms with Crippen LogP contribution in [0.4, 0.5) is 5.95 Å². The van der Waals surface area contributed by atoms with Gasteiger partial charge < -0.3 is 10.6 Å². The third-order valence-electron chi connectivity index (χ3n) is 4.04. The SMILES string of the molecule is Cc1cccn2nc(NCC3(C)CCNCC3)nc12. The molecule has 3 rings (SSSR count). The second kappa shape index (κ2) is 4.81. The molecule has 0 bridgehead atoms. The van der Waals surface area contributed by atoms with Gasteiger partial charge in [0.05, 0.1) is 0 Å². The maximum absolute atomic E-state index is 4.55. The van der Waals surface area contributed by atoms with Gasteiger partial charge in [-0.05, 0) is 49.9 Å². The van der Waals surface area contributed by atoms with E-state index < -0.39 is 0 Å². The highest BCUT2D eigenvalue weighted by atomic mass is 15.3. The summed E-state index contributed by atoms with van der Waals surface area (Å²) in [5, 5.41) is 11.3. The van der Waals surface area contributed by atoms with Gasteiger partial charge >= 0.3 is 0 Å². The fourth-order valence-electron chi connectivity index (χ4n) is 2.61. The van der Waals surface area contributed by atoms with Crippen LogP contribution < -0.4 is 10.6 Å². The third-order valence-corrected chi connectivity index (χ3v) is 4.04. The van der Waals surface area contributed by atoms with Crippen LogP contribution in [-0.4, -0.2) is 34.2 Å². The number of rotatable bonds is 3. The van der Waals surface area contributed by atoms with E-state index in [0.717, 1.165) is 36.8 Å². The Kier molecular flexibility index (Phi) is 3.14. The van der Waals surface area contributed by atoms with Crippen LogP contribution in [0.2, 0.25) is 0 Å². The zero-order chi connectivity index (χ0) is 13.3. The number of fused-ring (bicyclic) bond motifs is 1. The second-order valence-electron chi connectivity index (χ2n) is 5.81. The first-order valence-corrected chi connectivity index (χ1v) is 6.93. The zero-order valence-electron chi connectivity index (χ0n) is 11.6. The molecule has 3 heterocycles. The largest absolute Gasteiger partial charge is 0.352 e. The van der Waals surface area contributed by atoms with Gasteiger partial charge in [0, 0.05) is 12.7 Å². The topological polar surface area (TPSA) is 54.2 Å². The van der Waals surface area contributed by atoms with Crippen LogP contribution in [0.5, 0.6) is 0 Å². The summed E-state index contributed by atoms with van der Waals surface area (Å²) in [5.74, 6) is 0.731. The molecule has 0 atom stereocenters. The van der Waals surface area contributed by atoms with Gasteiger partial charge in [0.2, 0.25) is 5.95 Å². The molecule has 0 aromatic carbocycles. The number of hydrogen-bond acceptors (Lipinski definition) is 4. The molecule has 1 saturated heterocycles. The van der Waals surface area contributed by atoms with Crippen molar-refractivity contribution in [3.05, 3.63) is 23.9 Å². The summed E-state index contributed by atoms with van der Waals surface area (Å²) in [6.07, 6.45) is 4.34. The van der Waals surface area contributed by atoms with E-state index in [1.54, 1.807) is 0 Å². The summed E-state index contributed by atoms with van der Waals surface area (Å²) in [6.45, 7) is 7.54. The lowest BCUT2D eigenvalue weighted by Crippen LogP contribution is -2.39. The van der Waals surface area contributed by atoms with E-state index in [9.17, 15) is 0 Å². The summed E-state index contributed by atoms with van der Waals surface area (Å²) in [4.78, 5) is 4.55. The molecule has 0 saturated carbocycles. The van der Waals surface area contributed by atoms with Crippen LogP contribution in [0.3, 0.4) is 0 Å². The molecule has 19 heavy (non-hydrogen) atoms. The number of pyridine rings is 1. The molecule has 1 aliphatic heterocycles. The first-order valence-electron chi connectivity index (χ1n) is 6.93. The average molecular weight is 259 g/mol. The Labute approximate surface area is 113 Å².